The van der Waals surface area contributed by atoms with E-state index < -0.39 is 11.8 Å². The van der Waals surface area contributed by atoms with Crippen LogP contribution in [0, 0.1) is 0 Å². The SMILES string of the molecule is Cn1cnnc1SCc1ccc(C(=O)NNC(=O)C2=COCCO2)cc1. The lowest BCUT2D eigenvalue weighted by atomic mass is 10.1. The summed E-state index contributed by atoms with van der Waals surface area (Å²) in [5.74, 6) is -0.276. The van der Waals surface area contributed by atoms with Crippen molar-refractivity contribution in [3.8, 4) is 0 Å². The average molecular weight is 375 g/mol. The zero-order valence-corrected chi connectivity index (χ0v) is 14.8. The van der Waals surface area contributed by atoms with Crippen LogP contribution in [-0.2, 0) is 27.1 Å². The van der Waals surface area contributed by atoms with Gasteiger partial charge in [0, 0.05) is 18.4 Å². The topological polar surface area (TPSA) is 107 Å². The number of hydrogen-bond acceptors (Lipinski definition) is 7. The number of hydrogen-bond donors (Lipinski definition) is 2. The molecule has 0 unspecified atom stereocenters. The molecular formula is C16H17N5O4S. The first-order chi connectivity index (χ1) is 12.6. The molecule has 136 valence electrons. The number of ether oxygens (including phenoxy) is 2. The first kappa shape index (κ1) is 17.8. The second-order valence-electron chi connectivity index (χ2n) is 5.32. The number of carbonyl (C=O) groups excluding carboxylic acids is 2. The zero-order chi connectivity index (χ0) is 18.4. The van der Waals surface area contributed by atoms with Crippen LogP contribution in [0.3, 0.4) is 0 Å². The molecule has 2 heterocycles. The number of amides is 2. The molecule has 3 rings (SSSR count). The van der Waals surface area contributed by atoms with Crippen molar-refractivity contribution in [1.29, 1.82) is 0 Å². The van der Waals surface area contributed by atoms with Gasteiger partial charge in [-0.15, -0.1) is 10.2 Å². The van der Waals surface area contributed by atoms with Crippen LogP contribution in [-0.4, -0.2) is 39.8 Å². The van der Waals surface area contributed by atoms with E-state index >= 15 is 0 Å². The molecule has 10 heteroatoms. The lowest BCUT2D eigenvalue weighted by molar-refractivity contribution is -0.123. The number of nitrogens with zero attached hydrogens (tertiary/aromatic N) is 3. The molecule has 2 amide bonds. The fourth-order valence-corrected chi connectivity index (χ4v) is 2.88. The van der Waals surface area contributed by atoms with Gasteiger partial charge >= 0.3 is 5.91 Å². The van der Waals surface area contributed by atoms with Gasteiger partial charge in [0.1, 0.15) is 25.8 Å². The second kappa shape index (κ2) is 8.39. The molecule has 2 N–H and O–H groups in total. The quantitative estimate of drug-likeness (QED) is 0.587. The van der Waals surface area contributed by atoms with Crippen molar-refractivity contribution in [1.82, 2.24) is 25.6 Å². The molecule has 0 spiro atoms. The van der Waals surface area contributed by atoms with Crippen molar-refractivity contribution in [2.75, 3.05) is 13.2 Å². The lowest BCUT2D eigenvalue weighted by Crippen LogP contribution is -2.43. The Morgan fingerprint density at radius 2 is 1.96 bits per heavy atom. The Morgan fingerprint density at radius 3 is 2.62 bits per heavy atom. The maximum absolute atomic E-state index is 12.1. The highest BCUT2D eigenvalue weighted by Gasteiger charge is 2.16. The van der Waals surface area contributed by atoms with Crippen LogP contribution < -0.4 is 10.9 Å². The number of nitrogens with one attached hydrogen (secondary N) is 2. The van der Waals surface area contributed by atoms with Crippen molar-refractivity contribution >= 4 is 23.6 Å². The third kappa shape index (κ3) is 4.54. The molecule has 1 aliphatic rings. The smallest absolute Gasteiger partial charge is 0.308 e. The van der Waals surface area contributed by atoms with Crippen molar-refractivity contribution in [3.05, 3.63) is 53.7 Å². The summed E-state index contributed by atoms with van der Waals surface area (Å²) in [5, 5.41) is 8.64. The molecule has 0 fully saturated rings. The van der Waals surface area contributed by atoms with Gasteiger partial charge in [-0.05, 0) is 17.7 Å². The van der Waals surface area contributed by atoms with Gasteiger partial charge in [-0.25, -0.2) is 0 Å². The van der Waals surface area contributed by atoms with Crippen molar-refractivity contribution in [2.45, 2.75) is 10.9 Å². The molecule has 2 aromatic rings. The van der Waals surface area contributed by atoms with Crippen molar-refractivity contribution in [2.24, 2.45) is 7.05 Å². The van der Waals surface area contributed by atoms with Crippen LogP contribution in [0.1, 0.15) is 15.9 Å². The van der Waals surface area contributed by atoms with Gasteiger partial charge in [-0.1, -0.05) is 23.9 Å². The van der Waals surface area contributed by atoms with E-state index in [1.165, 1.54) is 6.26 Å². The van der Waals surface area contributed by atoms with Gasteiger partial charge in [-0.2, -0.15) is 0 Å². The minimum absolute atomic E-state index is 0.0210. The van der Waals surface area contributed by atoms with Gasteiger partial charge in [0.25, 0.3) is 5.91 Å². The predicted molar refractivity (Wildman–Crippen MR) is 92.6 cm³/mol. The average Bonchev–Trinajstić information content (AvgIpc) is 3.10. The molecule has 0 aliphatic carbocycles. The Balaban J connectivity index is 1.49. The molecule has 1 aliphatic heterocycles. The molecule has 0 saturated heterocycles. The molecule has 26 heavy (non-hydrogen) atoms. The normalized spacial score (nSPS) is 13.2. The molecular weight excluding hydrogens is 358 g/mol. The second-order valence-corrected chi connectivity index (χ2v) is 6.26. The molecule has 1 aromatic heterocycles. The molecule has 0 radical (unpaired) electrons. The number of aromatic nitrogens is 3. The van der Waals surface area contributed by atoms with E-state index in [1.807, 2.05) is 23.7 Å². The van der Waals surface area contributed by atoms with Crippen LogP contribution in [0.2, 0.25) is 0 Å². The number of thioether (sulfide) groups is 1. The van der Waals surface area contributed by atoms with E-state index in [0.29, 0.717) is 24.5 Å². The van der Waals surface area contributed by atoms with E-state index in [1.54, 1.807) is 30.2 Å². The summed E-state index contributed by atoms with van der Waals surface area (Å²) in [6.45, 7) is 0.686. The fourth-order valence-electron chi connectivity index (χ4n) is 2.04. The Kier molecular flexibility index (Phi) is 5.74. The standard InChI is InChI=1S/C16H17N5O4S/c1-21-10-17-20-16(21)26-9-11-2-4-12(5-3-11)14(22)18-19-15(23)13-8-24-6-7-25-13/h2-5,8,10H,6-7,9H2,1H3,(H,18,22)(H,19,23). The Labute approximate surface area is 153 Å². The van der Waals surface area contributed by atoms with Crippen molar-refractivity contribution in [3.63, 3.8) is 0 Å². The third-order valence-corrected chi connectivity index (χ3v) is 4.52. The molecule has 1 aromatic carbocycles. The maximum atomic E-state index is 12.1. The van der Waals surface area contributed by atoms with Gasteiger partial charge in [0.05, 0.1) is 0 Å². The number of carbonyl (C=O) groups is 2. The van der Waals surface area contributed by atoms with Gasteiger partial charge in [-0.3, -0.25) is 20.4 Å². The van der Waals surface area contributed by atoms with Crippen LogP contribution in [0.25, 0.3) is 0 Å². The lowest BCUT2D eigenvalue weighted by Gasteiger charge is -2.15. The summed E-state index contributed by atoms with van der Waals surface area (Å²) in [4.78, 5) is 23.9. The molecule has 0 saturated carbocycles. The van der Waals surface area contributed by atoms with E-state index in [0.717, 1.165) is 10.7 Å². The molecule has 0 atom stereocenters. The van der Waals surface area contributed by atoms with E-state index in [9.17, 15) is 9.59 Å². The van der Waals surface area contributed by atoms with E-state index in [4.69, 9.17) is 9.47 Å². The van der Waals surface area contributed by atoms with Crippen LogP contribution in [0.15, 0.2) is 47.8 Å². The largest absolute Gasteiger partial charge is 0.494 e. The summed E-state index contributed by atoms with van der Waals surface area (Å²) in [6, 6.07) is 7.07. The van der Waals surface area contributed by atoms with Gasteiger partial charge in [0.2, 0.25) is 5.76 Å². The molecule has 0 bridgehead atoms. The van der Waals surface area contributed by atoms with Crippen LogP contribution in [0.4, 0.5) is 0 Å². The summed E-state index contributed by atoms with van der Waals surface area (Å²) in [7, 11) is 1.88. The third-order valence-electron chi connectivity index (χ3n) is 3.42. The summed E-state index contributed by atoms with van der Waals surface area (Å²) >= 11 is 1.55. The highest BCUT2D eigenvalue weighted by atomic mass is 32.2. The van der Waals surface area contributed by atoms with E-state index in [2.05, 4.69) is 21.0 Å². The number of hydrazine groups is 1. The first-order valence-electron chi connectivity index (χ1n) is 7.74. The molecule has 9 nitrogen and oxygen atoms in total. The highest BCUT2D eigenvalue weighted by Crippen LogP contribution is 2.20. The number of aryl methyl sites for hydroxylation is 1. The van der Waals surface area contributed by atoms with Crippen LogP contribution in [0.5, 0.6) is 0 Å². The summed E-state index contributed by atoms with van der Waals surface area (Å²) in [6.07, 6.45) is 2.86. The maximum Gasteiger partial charge on any atom is 0.308 e. The highest BCUT2D eigenvalue weighted by molar-refractivity contribution is 7.98. The zero-order valence-electron chi connectivity index (χ0n) is 14.0. The fraction of sp³-hybridized carbons (Fsp3) is 0.250. The predicted octanol–water partition coefficient (Wildman–Crippen LogP) is 0.757. The van der Waals surface area contributed by atoms with E-state index in [-0.39, 0.29) is 5.76 Å². The minimum atomic E-state index is -0.574. The Morgan fingerprint density at radius 1 is 1.19 bits per heavy atom. The van der Waals surface area contributed by atoms with Crippen LogP contribution >= 0.6 is 11.8 Å². The number of benzene rings is 1. The Hall–Kier alpha value is -3.01. The van der Waals surface area contributed by atoms with Gasteiger partial charge in [0.15, 0.2) is 5.16 Å². The Bertz CT molecular complexity index is 818. The minimum Gasteiger partial charge on any atom is -0.494 e. The van der Waals surface area contributed by atoms with Crippen molar-refractivity contribution < 1.29 is 19.1 Å². The van der Waals surface area contributed by atoms with Gasteiger partial charge < -0.3 is 14.0 Å². The first-order valence-corrected chi connectivity index (χ1v) is 8.73. The summed E-state index contributed by atoms with van der Waals surface area (Å²) < 4.78 is 12.0. The number of rotatable bonds is 5. The summed E-state index contributed by atoms with van der Waals surface area (Å²) in [5.41, 5.74) is 6.08. The monoisotopic (exact) mass is 375 g/mol.